The zero-order valence-corrected chi connectivity index (χ0v) is 11.8. The molecule has 1 rings (SSSR count). The minimum Gasteiger partial charge on any atom is -0.359 e. The number of hydrogen-bond acceptors (Lipinski definition) is 2. The maximum absolute atomic E-state index is 4.46. The first kappa shape index (κ1) is 12.6. The van der Waals surface area contributed by atoms with Crippen LogP contribution in [0, 0.1) is 12.8 Å². The Bertz CT molecular complexity index is 331. The highest BCUT2D eigenvalue weighted by Gasteiger charge is 2.16. The SMILES string of the molecule is Cc1nn(C)c(N(C)CC(C)C)c1CBr. The van der Waals surface area contributed by atoms with E-state index in [-0.39, 0.29) is 0 Å². The number of aromatic nitrogens is 2. The topological polar surface area (TPSA) is 21.1 Å². The highest BCUT2D eigenvalue weighted by atomic mass is 79.9. The lowest BCUT2D eigenvalue weighted by atomic mass is 10.2. The van der Waals surface area contributed by atoms with Gasteiger partial charge in [-0.25, -0.2) is 0 Å². The summed E-state index contributed by atoms with van der Waals surface area (Å²) in [5, 5.41) is 5.32. The first-order valence-corrected chi connectivity index (χ1v) is 6.39. The molecular weight excluding hydrogens is 254 g/mol. The highest BCUT2D eigenvalue weighted by molar-refractivity contribution is 9.08. The van der Waals surface area contributed by atoms with Gasteiger partial charge < -0.3 is 4.90 Å². The van der Waals surface area contributed by atoms with E-state index in [1.165, 1.54) is 11.4 Å². The van der Waals surface area contributed by atoms with E-state index in [4.69, 9.17) is 0 Å². The molecule has 0 N–H and O–H groups in total. The monoisotopic (exact) mass is 273 g/mol. The van der Waals surface area contributed by atoms with Crippen molar-refractivity contribution in [3.63, 3.8) is 0 Å². The Balaban J connectivity index is 3.01. The Morgan fingerprint density at radius 1 is 1.47 bits per heavy atom. The normalized spacial score (nSPS) is 11.1. The summed E-state index contributed by atoms with van der Waals surface area (Å²) >= 11 is 3.53. The highest BCUT2D eigenvalue weighted by Crippen LogP contribution is 2.24. The van der Waals surface area contributed by atoms with Gasteiger partial charge in [0.15, 0.2) is 0 Å². The zero-order valence-electron chi connectivity index (χ0n) is 10.2. The molecule has 1 aromatic rings. The number of rotatable bonds is 4. The summed E-state index contributed by atoms with van der Waals surface area (Å²) in [5.74, 6) is 1.88. The van der Waals surface area contributed by atoms with Gasteiger partial charge in [0, 0.05) is 31.5 Å². The minimum atomic E-state index is 0.661. The van der Waals surface area contributed by atoms with Gasteiger partial charge in [-0.3, -0.25) is 4.68 Å². The second-order valence-corrected chi connectivity index (χ2v) is 4.98. The van der Waals surface area contributed by atoms with Crippen LogP contribution in [0.4, 0.5) is 5.82 Å². The number of halogens is 1. The third-order valence-electron chi connectivity index (χ3n) is 2.45. The molecule has 0 aliphatic heterocycles. The molecule has 0 unspecified atom stereocenters. The second-order valence-electron chi connectivity index (χ2n) is 4.42. The molecule has 0 radical (unpaired) electrons. The van der Waals surface area contributed by atoms with Crippen LogP contribution in [0.5, 0.6) is 0 Å². The van der Waals surface area contributed by atoms with Gasteiger partial charge in [0.05, 0.1) is 5.69 Å². The Hall–Kier alpha value is -0.510. The standard InChI is InChI=1S/C11H20BrN3/c1-8(2)7-14(4)11-10(6-12)9(3)13-15(11)5/h8H,6-7H2,1-5H3. The molecular formula is C11H20BrN3. The number of anilines is 1. The molecule has 0 atom stereocenters. The fourth-order valence-corrected chi connectivity index (χ4v) is 2.61. The Labute approximate surface area is 101 Å². The van der Waals surface area contributed by atoms with Crippen molar-refractivity contribution < 1.29 is 0 Å². The van der Waals surface area contributed by atoms with E-state index >= 15 is 0 Å². The van der Waals surface area contributed by atoms with Crippen LogP contribution in [-0.4, -0.2) is 23.4 Å². The van der Waals surface area contributed by atoms with Gasteiger partial charge >= 0.3 is 0 Å². The van der Waals surface area contributed by atoms with E-state index in [1.54, 1.807) is 0 Å². The van der Waals surface area contributed by atoms with Crippen LogP contribution in [0.1, 0.15) is 25.1 Å². The van der Waals surface area contributed by atoms with Crippen molar-refractivity contribution in [2.24, 2.45) is 13.0 Å². The van der Waals surface area contributed by atoms with Crippen molar-refractivity contribution >= 4 is 21.7 Å². The first-order chi connectivity index (χ1) is 6.97. The third-order valence-corrected chi connectivity index (χ3v) is 3.01. The predicted molar refractivity (Wildman–Crippen MR) is 68.7 cm³/mol. The van der Waals surface area contributed by atoms with Crippen LogP contribution in [0.3, 0.4) is 0 Å². The summed E-state index contributed by atoms with van der Waals surface area (Å²) in [7, 11) is 4.13. The summed E-state index contributed by atoms with van der Waals surface area (Å²) in [6.45, 7) is 7.57. The van der Waals surface area contributed by atoms with Crippen LogP contribution in [0.25, 0.3) is 0 Å². The van der Waals surface area contributed by atoms with Crippen LogP contribution in [-0.2, 0) is 12.4 Å². The Kier molecular flexibility index (Phi) is 4.20. The average molecular weight is 274 g/mol. The molecule has 0 spiro atoms. The smallest absolute Gasteiger partial charge is 0.130 e. The van der Waals surface area contributed by atoms with E-state index in [1.807, 2.05) is 11.7 Å². The molecule has 15 heavy (non-hydrogen) atoms. The molecule has 0 amide bonds. The van der Waals surface area contributed by atoms with Gasteiger partial charge in [-0.1, -0.05) is 29.8 Å². The molecule has 0 bridgehead atoms. The lowest BCUT2D eigenvalue weighted by molar-refractivity contribution is 0.619. The van der Waals surface area contributed by atoms with E-state index in [9.17, 15) is 0 Å². The fourth-order valence-electron chi connectivity index (χ4n) is 1.96. The number of aryl methyl sites for hydroxylation is 2. The van der Waals surface area contributed by atoms with Crippen molar-refractivity contribution in [1.82, 2.24) is 9.78 Å². The van der Waals surface area contributed by atoms with Crippen LogP contribution < -0.4 is 4.90 Å². The summed E-state index contributed by atoms with van der Waals surface area (Å²) in [6, 6.07) is 0. The van der Waals surface area contributed by atoms with Crippen LogP contribution in [0.2, 0.25) is 0 Å². The molecule has 0 fully saturated rings. The van der Waals surface area contributed by atoms with Crippen LogP contribution >= 0.6 is 15.9 Å². The average Bonchev–Trinajstić information content (AvgIpc) is 2.38. The van der Waals surface area contributed by atoms with Crippen molar-refractivity contribution in [2.75, 3.05) is 18.5 Å². The predicted octanol–water partition coefficient (Wildman–Crippen LogP) is 2.72. The van der Waals surface area contributed by atoms with Gasteiger partial charge in [0.25, 0.3) is 0 Å². The van der Waals surface area contributed by atoms with Crippen molar-refractivity contribution in [1.29, 1.82) is 0 Å². The van der Waals surface area contributed by atoms with Gasteiger partial charge in [-0.05, 0) is 12.8 Å². The number of nitrogens with zero attached hydrogens (tertiary/aromatic N) is 3. The molecule has 1 heterocycles. The lowest BCUT2D eigenvalue weighted by Gasteiger charge is -2.22. The van der Waals surface area contributed by atoms with E-state index in [2.05, 4.69) is 53.7 Å². The van der Waals surface area contributed by atoms with Gasteiger partial charge in [-0.2, -0.15) is 5.10 Å². The Morgan fingerprint density at radius 3 is 2.53 bits per heavy atom. The van der Waals surface area contributed by atoms with Gasteiger partial charge in [0.2, 0.25) is 0 Å². The lowest BCUT2D eigenvalue weighted by Crippen LogP contribution is -2.25. The number of hydrogen-bond donors (Lipinski definition) is 0. The third kappa shape index (κ3) is 2.74. The fraction of sp³-hybridized carbons (Fsp3) is 0.727. The number of alkyl halides is 1. The minimum absolute atomic E-state index is 0.661. The molecule has 0 aliphatic carbocycles. The quantitative estimate of drug-likeness (QED) is 0.787. The summed E-state index contributed by atoms with van der Waals surface area (Å²) in [5.41, 5.74) is 2.40. The molecule has 0 aromatic carbocycles. The summed E-state index contributed by atoms with van der Waals surface area (Å²) in [6.07, 6.45) is 0. The molecule has 4 heteroatoms. The molecule has 0 saturated heterocycles. The second kappa shape index (κ2) is 5.01. The van der Waals surface area contributed by atoms with Gasteiger partial charge in [0.1, 0.15) is 5.82 Å². The summed E-state index contributed by atoms with van der Waals surface area (Å²) < 4.78 is 1.97. The maximum Gasteiger partial charge on any atom is 0.130 e. The molecule has 1 aromatic heterocycles. The largest absolute Gasteiger partial charge is 0.359 e. The molecule has 86 valence electrons. The molecule has 3 nitrogen and oxygen atoms in total. The van der Waals surface area contributed by atoms with E-state index in [0.717, 1.165) is 17.6 Å². The summed E-state index contributed by atoms with van der Waals surface area (Å²) in [4.78, 5) is 2.28. The van der Waals surface area contributed by atoms with E-state index in [0.29, 0.717) is 5.92 Å². The van der Waals surface area contributed by atoms with Gasteiger partial charge in [-0.15, -0.1) is 0 Å². The van der Waals surface area contributed by atoms with Crippen molar-refractivity contribution in [2.45, 2.75) is 26.1 Å². The molecule has 0 aliphatic rings. The first-order valence-electron chi connectivity index (χ1n) is 5.27. The van der Waals surface area contributed by atoms with Crippen molar-refractivity contribution in [3.8, 4) is 0 Å². The zero-order chi connectivity index (χ0) is 11.6. The molecule has 0 saturated carbocycles. The maximum atomic E-state index is 4.46. The van der Waals surface area contributed by atoms with Crippen molar-refractivity contribution in [3.05, 3.63) is 11.3 Å². The van der Waals surface area contributed by atoms with Crippen LogP contribution in [0.15, 0.2) is 0 Å². The Morgan fingerprint density at radius 2 is 2.07 bits per heavy atom. The van der Waals surface area contributed by atoms with E-state index < -0.39 is 0 Å².